The minimum absolute atomic E-state index is 0.0538. The van der Waals surface area contributed by atoms with Crippen LogP contribution in [0, 0.1) is 0 Å². The van der Waals surface area contributed by atoms with Crippen molar-refractivity contribution in [2.24, 2.45) is 0 Å². The summed E-state index contributed by atoms with van der Waals surface area (Å²) in [6, 6.07) is 6.06. The molecule has 1 aromatic carbocycles. The summed E-state index contributed by atoms with van der Waals surface area (Å²) in [7, 11) is 0. The first-order valence-corrected chi connectivity index (χ1v) is 6.08. The van der Waals surface area contributed by atoms with E-state index in [4.69, 9.17) is 4.74 Å². The van der Waals surface area contributed by atoms with E-state index in [2.05, 4.69) is 5.32 Å². The lowest BCUT2D eigenvalue weighted by atomic mass is 10.1. The maximum Gasteiger partial charge on any atom is 0.338 e. The molecule has 1 amide bonds. The van der Waals surface area contributed by atoms with Crippen LogP contribution in [0.5, 0.6) is 0 Å². The Labute approximate surface area is 111 Å². The maximum absolute atomic E-state index is 11.6. The topological polar surface area (TPSA) is 72.5 Å². The van der Waals surface area contributed by atoms with Gasteiger partial charge >= 0.3 is 5.97 Å². The Morgan fingerprint density at radius 1 is 1.32 bits per heavy atom. The monoisotopic (exact) mass is 263 g/mol. The largest absolute Gasteiger partial charge is 0.452 e. The number of rotatable bonds is 6. The Hall–Kier alpha value is -2.17. The summed E-state index contributed by atoms with van der Waals surface area (Å²) < 4.78 is 4.87. The van der Waals surface area contributed by atoms with Crippen LogP contribution in [0.2, 0.25) is 0 Å². The van der Waals surface area contributed by atoms with Crippen LogP contribution in [0.15, 0.2) is 24.3 Å². The van der Waals surface area contributed by atoms with Gasteiger partial charge in [0.2, 0.25) is 0 Å². The molecule has 0 spiro atoms. The van der Waals surface area contributed by atoms with Gasteiger partial charge in [0.15, 0.2) is 6.61 Å². The van der Waals surface area contributed by atoms with Crippen molar-refractivity contribution in [1.29, 1.82) is 0 Å². The summed E-state index contributed by atoms with van der Waals surface area (Å²) >= 11 is 0. The number of hydrogen-bond donors (Lipinski definition) is 1. The normalized spacial score (nSPS) is 11.5. The second-order valence-electron chi connectivity index (χ2n) is 4.19. The van der Waals surface area contributed by atoms with Gasteiger partial charge in [0.05, 0.1) is 5.56 Å². The summed E-state index contributed by atoms with van der Waals surface area (Å²) in [5.74, 6) is -0.913. The van der Waals surface area contributed by atoms with Crippen LogP contribution in [-0.4, -0.2) is 30.8 Å². The molecule has 5 heteroatoms. The molecule has 5 nitrogen and oxygen atoms in total. The van der Waals surface area contributed by atoms with Gasteiger partial charge in [-0.1, -0.05) is 19.1 Å². The molecule has 0 fully saturated rings. The molecule has 0 heterocycles. The highest BCUT2D eigenvalue weighted by Crippen LogP contribution is 2.04. The second-order valence-corrected chi connectivity index (χ2v) is 4.19. The van der Waals surface area contributed by atoms with Crippen molar-refractivity contribution in [1.82, 2.24) is 5.32 Å². The van der Waals surface area contributed by atoms with Crippen LogP contribution in [-0.2, 0) is 9.53 Å². The zero-order valence-corrected chi connectivity index (χ0v) is 11.0. The minimum atomic E-state index is -0.586. The highest BCUT2D eigenvalue weighted by atomic mass is 16.5. The van der Waals surface area contributed by atoms with E-state index >= 15 is 0 Å². The van der Waals surface area contributed by atoms with E-state index in [1.54, 1.807) is 0 Å². The Kier molecular flexibility index (Phi) is 5.73. The van der Waals surface area contributed by atoms with Gasteiger partial charge in [-0.2, -0.15) is 0 Å². The van der Waals surface area contributed by atoms with Gasteiger partial charge in [0.25, 0.3) is 5.91 Å². The van der Waals surface area contributed by atoms with Gasteiger partial charge in [-0.15, -0.1) is 0 Å². The van der Waals surface area contributed by atoms with Gasteiger partial charge in [-0.3, -0.25) is 9.59 Å². The lowest BCUT2D eigenvalue weighted by Gasteiger charge is -2.11. The predicted octanol–water partition coefficient (Wildman–Crippen LogP) is 1.57. The third-order valence-electron chi connectivity index (χ3n) is 2.64. The fourth-order valence-electron chi connectivity index (χ4n) is 1.33. The summed E-state index contributed by atoms with van der Waals surface area (Å²) in [4.78, 5) is 33.5. The molecule has 0 radical (unpaired) electrons. The highest BCUT2D eigenvalue weighted by Gasteiger charge is 2.11. The molecule has 1 atom stereocenters. The molecule has 0 aliphatic heterocycles. The molecule has 0 aliphatic rings. The van der Waals surface area contributed by atoms with Crippen LogP contribution >= 0.6 is 0 Å². The molecular formula is C14H17NO4. The van der Waals surface area contributed by atoms with Crippen molar-refractivity contribution < 1.29 is 19.1 Å². The van der Waals surface area contributed by atoms with Gasteiger partial charge in [-0.25, -0.2) is 4.79 Å². The average molecular weight is 263 g/mol. The van der Waals surface area contributed by atoms with Crippen LogP contribution < -0.4 is 5.32 Å². The van der Waals surface area contributed by atoms with E-state index in [-0.39, 0.29) is 18.6 Å². The van der Waals surface area contributed by atoms with Crippen LogP contribution in [0.3, 0.4) is 0 Å². The first-order chi connectivity index (χ1) is 9.06. The quantitative estimate of drug-likeness (QED) is 0.624. The van der Waals surface area contributed by atoms with Gasteiger partial charge < -0.3 is 10.1 Å². The molecule has 1 unspecified atom stereocenters. The number of hydrogen-bond acceptors (Lipinski definition) is 4. The van der Waals surface area contributed by atoms with Crippen molar-refractivity contribution in [3.8, 4) is 0 Å². The number of ether oxygens (including phenoxy) is 1. The van der Waals surface area contributed by atoms with E-state index in [0.29, 0.717) is 17.4 Å². The molecule has 19 heavy (non-hydrogen) atoms. The second kappa shape index (κ2) is 7.31. The van der Waals surface area contributed by atoms with E-state index in [1.807, 2.05) is 13.8 Å². The molecule has 102 valence electrons. The van der Waals surface area contributed by atoms with Gasteiger partial charge in [0.1, 0.15) is 6.29 Å². The van der Waals surface area contributed by atoms with E-state index < -0.39 is 5.97 Å². The van der Waals surface area contributed by atoms with E-state index in [1.165, 1.54) is 24.3 Å². The van der Waals surface area contributed by atoms with Crippen molar-refractivity contribution >= 4 is 18.2 Å². The fraction of sp³-hybridized carbons (Fsp3) is 0.357. The molecule has 1 rings (SSSR count). The summed E-state index contributed by atoms with van der Waals surface area (Å²) in [5, 5.41) is 2.69. The molecule has 1 aromatic rings. The van der Waals surface area contributed by atoms with Crippen molar-refractivity contribution in [3.63, 3.8) is 0 Å². The Balaban J connectivity index is 2.46. The number of amides is 1. The van der Waals surface area contributed by atoms with Gasteiger partial charge in [-0.05, 0) is 25.5 Å². The van der Waals surface area contributed by atoms with Crippen LogP contribution in [0.4, 0.5) is 0 Å². The van der Waals surface area contributed by atoms with Crippen LogP contribution in [0.1, 0.15) is 41.0 Å². The zero-order chi connectivity index (χ0) is 14.3. The highest BCUT2D eigenvalue weighted by molar-refractivity contribution is 5.92. The smallest absolute Gasteiger partial charge is 0.338 e. The number of esters is 1. The number of benzene rings is 1. The SMILES string of the molecule is CCC(C)NC(=O)COC(=O)c1ccc(C=O)cc1. The fourth-order valence-corrected chi connectivity index (χ4v) is 1.33. The number of carbonyl (C=O) groups excluding carboxylic acids is 3. The average Bonchev–Trinajstić information content (AvgIpc) is 2.44. The molecule has 0 saturated heterocycles. The van der Waals surface area contributed by atoms with Crippen molar-refractivity contribution in [3.05, 3.63) is 35.4 Å². The zero-order valence-electron chi connectivity index (χ0n) is 11.0. The maximum atomic E-state index is 11.6. The standard InChI is InChI=1S/C14H17NO4/c1-3-10(2)15-13(17)9-19-14(18)12-6-4-11(8-16)5-7-12/h4-8,10H,3,9H2,1-2H3,(H,15,17). The summed E-state index contributed by atoms with van der Waals surface area (Å²) in [5.41, 5.74) is 0.785. The third-order valence-corrected chi connectivity index (χ3v) is 2.64. The van der Waals surface area contributed by atoms with Crippen molar-refractivity contribution in [2.45, 2.75) is 26.3 Å². The summed E-state index contributed by atoms with van der Waals surface area (Å²) in [6.45, 7) is 3.52. The predicted molar refractivity (Wildman–Crippen MR) is 70.0 cm³/mol. The molecular weight excluding hydrogens is 246 g/mol. The number of nitrogens with one attached hydrogen (secondary N) is 1. The summed E-state index contributed by atoms with van der Waals surface area (Å²) in [6.07, 6.45) is 1.50. The molecule has 0 saturated carbocycles. The molecule has 0 aliphatic carbocycles. The number of carbonyl (C=O) groups is 3. The third kappa shape index (κ3) is 4.91. The lowest BCUT2D eigenvalue weighted by molar-refractivity contribution is -0.124. The Bertz CT molecular complexity index is 453. The first kappa shape index (κ1) is 14.9. The Morgan fingerprint density at radius 2 is 1.95 bits per heavy atom. The van der Waals surface area contributed by atoms with E-state index in [9.17, 15) is 14.4 Å². The first-order valence-electron chi connectivity index (χ1n) is 6.08. The number of aldehydes is 1. The van der Waals surface area contributed by atoms with Crippen molar-refractivity contribution in [2.75, 3.05) is 6.61 Å². The molecule has 0 aromatic heterocycles. The van der Waals surface area contributed by atoms with Gasteiger partial charge in [0, 0.05) is 11.6 Å². The molecule has 1 N–H and O–H groups in total. The van der Waals surface area contributed by atoms with Crippen LogP contribution in [0.25, 0.3) is 0 Å². The lowest BCUT2D eigenvalue weighted by Crippen LogP contribution is -2.35. The minimum Gasteiger partial charge on any atom is -0.452 e. The Morgan fingerprint density at radius 3 is 2.47 bits per heavy atom. The molecule has 0 bridgehead atoms. The van der Waals surface area contributed by atoms with E-state index in [0.717, 1.165) is 6.42 Å².